The molecule has 0 bridgehead atoms. The molecule has 7 aromatic carbocycles. The number of nitrogens with zero attached hydrogens (tertiary/aromatic N) is 3. The van der Waals surface area contributed by atoms with Gasteiger partial charge in [0, 0.05) is 45.3 Å². The zero-order valence-electron chi connectivity index (χ0n) is 27.4. The van der Waals surface area contributed by atoms with Crippen molar-refractivity contribution >= 4 is 38.9 Å². The van der Waals surface area contributed by atoms with Gasteiger partial charge in [-0.3, -0.25) is 4.98 Å². The molecule has 0 aliphatic heterocycles. The minimum atomic E-state index is 0.971. The molecule has 9 aromatic rings. The molecule has 236 valence electrons. The molecule has 3 nitrogen and oxygen atoms in total. The predicted octanol–water partition coefficient (Wildman–Crippen LogP) is 12.6. The first-order valence-corrected chi connectivity index (χ1v) is 17.0. The Balaban J connectivity index is 1.06. The summed E-state index contributed by atoms with van der Waals surface area (Å²) >= 11 is 0. The van der Waals surface area contributed by atoms with Crippen molar-refractivity contribution in [3.05, 3.63) is 200 Å². The monoisotopic (exact) mass is 639 g/mol. The Morgan fingerprint density at radius 1 is 0.360 bits per heavy atom. The number of rotatable bonds is 7. The fourth-order valence-corrected chi connectivity index (χ4v) is 7.01. The van der Waals surface area contributed by atoms with E-state index in [0.717, 1.165) is 34.0 Å². The maximum atomic E-state index is 4.67. The fourth-order valence-electron chi connectivity index (χ4n) is 7.01. The first kappa shape index (κ1) is 29.4. The van der Waals surface area contributed by atoms with Crippen LogP contribution in [0.2, 0.25) is 0 Å². The van der Waals surface area contributed by atoms with Crippen molar-refractivity contribution in [1.82, 2.24) is 9.55 Å². The lowest BCUT2D eigenvalue weighted by molar-refractivity contribution is 1.18. The third-order valence-corrected chi connectivity index (χ3v) is 9.45. The maximum Gasteiger partial charge on any atom is 0.0708 e. The van der Waals surface area contributed by atoms with E-state index in [1.54, 1.807) is 0 Å². The van der Waals surface area contributed by atoms with E-state index >= 15 is 0 Å². The van der Waals surface area contributed by atoms with Crippen molar-refractivity contribution in [2.75, 3.05) is 4.90 Å². The second kappa shape index (κ2) is 12.7. The van der Waals surface area contributed by atoms with Crippen molar-refractivity contribution in [2.24, 2.45) is 0 Å². The molecule has 0 aliphatic rings. The summed E-state index contributed by atoms with van der Waals surface area (Å²) in [4.78, 5) is 6.99. The zero-order chi connectivity index (χ0) is 33.3. The minimum Gasteiger partial charge on any atom is -0.310 e. The van der Waals surface area contributed by atoms with Crippen LogP contribution in [0.1, 0.15) is 0 Å². The number of aromatic nitrogens is 2. The van der Waals surface area contributed by atoms with Crippen LogP contribution in [0.5, 0.6) is 0 Å². The second-order valence-corrected chi connectivity index (χ2v) is 12.5. The summed E-state index contributed by atoms with van der Waals surface area (Å²) in [5, 5.41) is 2.45. The molecule has 0 N–H and O–H groups in total. The van der Waals surface area contributed by atoms with Crippen molar-refractivity contribution < 1.29 is 0 Å². The molecule has 3 heteroatoms. The van der Waals surface area contributed by atoms with Crippen molar-refractivity contribution in [3.8, 4) is 39.2 Å². The van der Waals surface area contributed by atoms with E-state index in [2.05, 4.69) is 203 Å². The van der Waals surface area contributed by atoms with Gasteiger partial charge in [0.2, 0.25) is 0 Å². The van der Waals surface area contributed by atoms with E-state index in [1.807, 2.05) is 12.3 Å². The Morgan fingerprint density at radius 3 is 1.58 bits per heavy atom. The average molecular weight is 640 g/mol. The third-order valence-electron chi connectivity index (χ3n) is 9.45. The third kappa shape index (κ3) is 5.41. The second-order valence-electron chi connectivity index (χ2n) is 12.5. The van der Waals surface area contributed by atoms with Gasteiger partial charge >= 0.3 is 0 Å². The molecule has 50 heavy (non-hydrogen) atoms. The molecule has 0 unspecified atom stereocenters. The van der Waals surface area contributed by atoms with Crippen LogP contribution in [-0.4, -0.2) is 9.55 Å². The summed E-state index contributed by atoms with van der Waals surface area (Å²) in [5.41, 5.74) is 13.7. The number of fused-ring (bicyclic) bond motifs is 3. The van der Waals surface area contributed by atoms with Crippen LogP contribution in [0.15, 0.2) is 200 Å². The molecule has 9 rings (SSSR count). The molecule has 2 heterocycles. The van der Waals surface area contributed by atoms with Crippen LogP contribution in [0, 0.1) is 0 Å². The molecule has 0 spiro atoms. The van der Waals surface area contributed by atoms with E-state index in [-0.39, 0.29) is 0 Å². The number of para-hydroxylation sites is 3. The zero-order valence-corrected chi connectivity index (χ0v) is 27.4. The molecule has 0 saturated carbocycles. The van der Waals surface area contributed by atoms with Crippen LogP contribution in [0.25, 0.3) is 61.0 Å². The molecule has 0 radical (unpaired) electrons. The number of benzene rings is 7. The summed E-state index contributed by atoms with van der Waals surface area (Å²) < 4.78 is 2.38. The van der Waals surface area contributed by atoms with Gasteiger partial charge in [-0.25, -0.2) is 0 Å². The van der Waals surface area contributed by atoms with Gasteiger partial charge in [-0.15, -0.1) is 0 Å². The van der Waals surface area contributed by atoms with E-state index in [9.17, 15) is 0 Å². The summed E-state index contributed by atoms with van der Waals surface area (Å²) in [7, 11) is 0. The van der Waals surface area contributed by atoms with Gasteiger partial charge in [0.15, 0.2) is 0 Å². The number of anilines is 3. The Labute approximate surface area is 292 Å². The lowest BCUT2D eigenvalue weighted by Gasteiger charge is -2.25. The van der Waals surface area contributed by atoms with E-state index in [1.165, 1.54) is 44.1 Å². The summed E-state index contributed by atoms with van der Waals surface area (Å²) in [6.45, 7) is 0. The molecule has 0 aliphatic carbocycles. The van der Waals surface area contributed by atoms with E-state index < -0.39 is 0 Å². The molecular formula is C47H33N3. The van der Waals surface area contributed by atoms with Crippen molar-refractivity contribution in [3.63, 3.8) is 0 Å². The van der Waals surface area contributed by atoms with Gasteiger partial charge in [0.1, 0.15) is 0 Å². The maximum absolute atomic E-state index is 4.67. The van der Waals surface area contributed by atoms with Crippen LogP contribution in [-0.2, 0) is 0 Å². The average Bonchev–Trinajstić information content (AvgIpc) is 3.53. The number of hydrogen-bond donors (Lipinski definition) is 0. The number of pyridine rings is 1. The Hall–Kier alpha value is -6.71. The predicted molar refractivity (Wildman–Crippen MR) is 210 cm³/mol. The van der Waals surface area contributed by atoms with Crippen molar-refractivity contribution in [1.29, 1.82) is 0 Å². The SMILES string of the molecule is c1ccc(-c2ccnc(-c3ccc(-c4ccc(-n5c6ccccc6c6cc(N(c7ccccc7)c7ccccc7)ccc65)cc4)cc3)c2)cc1. The van der Waals surface area contributed by atoms with Gasteiger partial charge in [0.05, 0.1) is 16.7 Å². The molecule has 0 fully saturated rings. The molecule has 0 atom stereocenters. The quantitative estimate of drug-likeness (QED) is 0.173. The van der Waals surface area contributed by atoms with Gasteiger partial charge in [-0.1, -0.05) is 121 Å². The Morgan fingerprint density at radius 2 is 0.900 bits per heavy atom. The molecule has 2 aromatic heterocycles. The molecule has 0 saturated heterocycles. The van der Waals surface area contributed by atoms with Crippen molar-refractivity contribution in [2.45, 2.75) is 0 Å². The summed E-state index contributed by atoms with van der Waals surface area (Å²) in [6.07, 6.45) is 1.89. The fraction of sp³-hybridized carbons (Fsp3) is 0. The highest BCUT2D eigenvalue weighted by atomic mass is 15.1. The van der Waals surface area contributed by atoms with Crippen LogP contribution in [0.4, 0.5) is 17.1 Å². The Kier molecular flexibility index (Phi) is 7.49. The van der Waals surface area contributed by atoms with E-state index in [4.69, 9.17) is 0 Å². The van der Waals surface area contributed by atoms with Crippen LogP contribution < -0.4 is 4.90 Å². The topological polar surface area (TPSA) is 21.1 Å². The highest BCUT2D eigenvalue weighted by Crippen LogP contribution is 2.39. The van der Waals surface area contributed by atoms with Gasteiger partial charge in [-0.2, -0.15) is 0 Å². The highest BCUT2D eigenvalue weighted by Gasteiger charge is 2.17. The van der Waals surface area contributed by atoms with Gasteiger partial charge < -0.3 is 9.47 Å². The summed E-state index contributed by atoms with van der Waals surface area (Å²) in [6, 6.07) is 69.0. The lowest BCUT2D eigenvalue weighted by Crippen LogP contribution is -2.09. The standard InChI is InChI=1S/C47H33N3/c1-4-12-34(13-5-1)38-30-31-48-45(32-38)37-22-20-35(21-23-37)36-24-26-41(27-25-36)50-46-19-11-10-18-43(46)44-33-42(28-29-47(44)50)49(39-14-6-2-7-15-39)40-16-8-3-9-17-40/h1-33H. The lowest BCUT2D eigenvalue weighted by atomic mass is 10.0. The first-order chi connectivity index (χ1) is 24.8. The number of hydrogen-bond acceptors (Lipinski definition) is 2. The molecular weight excluding hydrogens is 607 g/mol. The van der Waals surface area contributed by atoms with Gasteiger partial charge in [-0.05, 0) is 95.1 Å². The smallest absolute Gasteiger partial charge is 0.0708 e. The normalized spacial score (nSPS) is 11.2. The van der Waals surface area contributed by atoms with Gasteiger partial charge in [0.25, 0.3) is 0 Å². The largest absolute Gasteiger partial charge is 0.310 e. The summed E-state index contributed by atoms with van der Waals surface area (Å²) in [5.74, 6) is 0. The highest BCUT2D eigenvalue weighted by molar-refractivity contribution is 6.10. The molecule has 0 amide bonds. The first-order valence-electron chi connectivity index (χ1n) is 17.0. The van der Waals surface area contributed by atoms with E-state index in [0.29, 0.717) is 0 Å². The van der Waals surface area contributed by atoms with Crippen LogP contribution >= 0.6 is 0 Å². The minimum absolute atomic E-state index is 0.971. The van der Waals surface area contributed by atoms with Crippen LogP contribution in [0.3, 0.4) is 0 Å². The Bertz CT molecular complexity index is 2510.